The third-order valence-electron chi connectivity index (χ3n) is 1.88. The minimum atomic E-state index is 0.131. The number of thioether (sulfide) groups is 1. The summed E-state index contributed by atoms with van der Waals surface area (Å²) in [5, 5.41) is 0.131. The SMILES string of the molecule is CC(=O)SCCC#Cc1cnc(N)c(C)c1. The van der Waals surface area contributed by atoms with Gasteiger partial charge in [-0.25, -0.2) is 4.98 Å². The topological polar surface area (TPSA) is 56.0 Å². The van der Waals surface area contributed by atoms with E-state index in [4.69, 9.17) is 5.73 Å². The average molecular weight is 234 g/mol. The number of aromatic nitrogens is 1. The molecule has 0 saturated heterocycles. The summed E-state index contributed by atoms with van der Waals surface area (Å²) in [5.41, 5.74) is 7.39. The number of nitrogens with two attached hydrogens (primary N) is 1. The monoisotopic (exact) mass is 234 g/mol. The molecule has 0 spiro atoms. The first-order valence-corrected chi connectivity index (χ1v) is 5.92. The highest BCUT2D eigenvalue weighted by Gasteiger charge is 1.95. The van der Waals surface area contributed by atoms with E-state index in [0.717, 1.165) is 16.9 Å². The van der Waals surface area contributed by atoms with Crippen molar-refractivity contribution in [2.75, 3.05) is 11.5 Å². The number of nitrogens with zero attached hydrogens (tertiary/aromatic N) is 1. The van der Waals surface area contributed by atoms with Crippen LogP contribution in [0.25, 0.3) is 0 Å². The number of hydrogen-bond acceptors (Lipinski definition) is 4. The molecule has 0 aromatic carbocycles. The zero-order valence-corrected chi connectivity index (χ0v) is 10.2. The fraction of sp³-hybridized carbons (Fsp3) is 0.333. The Kier molecular flexibility index (Phi) is 4.87. The maximum absolute atomic E-state index is 10.6. The lowest BCUT2D eigenvalue weighted by atomic mass is 10.2. The fourth-order valence-electron chi connectivity index (χ4n) is 1.06. The highest BCUT2D eigenvalue weighted by atomic mass is 32.2. The molecule has 1 aromatic heterocycles. The van der Waals surface area contributed by atoms with Gasteiger partial charge in [0, 0.05) is 30.9 Å². The molecule has 0 unspecified atom stereocenters. The summed E-state index contributed by atoms with van der Waals surface area (Å²) in [6.07, 6.45) is 2.36. The molecule has 1 rings (SSSR count). The first kappa shape index (κ1) is 12.6. The molecule has 0 bridgehead atoms. The number of aryl methyl sites for hydroxylation is 1. The van der Waals surface area contributed by atoms with Crippen LogP contribution in [0.4, 0.5) is 5.82 Å². The Morgan fingerprint density at radius 3 is 3.00 bits per heavy atom. The summed E-state index contributed by atoms with van der Waals surface area (Å²) in [7, 11) is 0. The number of hydrogen-bond donors (Lipinski definition) is 1. The second kappa shape index (κ2) is 6.19. The van der Waals surface area contributed by atoms with Crippen molar-refractivity contribution in [1.82, 2.24) is 4.98 Å². The largest absolute Gasteiger partial charge is 0.383 e. The average Bonchev–Trinajstić information content (AvgIpc) is 2.22. The normalized spacial score (nSPS) is 9.38. The smallest absolute Gasteiger partial charge is 0.185 e. The van der Waals surface area contributed by atoms with Crippen LogP contribution in [-0.2, 0) is 4.79 Å². The van der Waals surface area contributed by atoms with Gasteiger partial charge in [0.2, 0.25) is 0 Å². The molecule has 0 fully saturated rings. The summed E-state index contributed by atoms with van der Waals surface area (Å²) in [6, 6.07) is 1.91. The van der Waals surface area contributed by atoms with Crippen LogP contribution < -0.4 is 5.73 Å². The molecule has 0 aliphatic carbocycles. The van der Waals surface area contributed by atoms with E-state index in [9.17, 15) is 4.79 Å². The van der Waals surface area contributed by atoms with E-state index in [1.54, 1.807) is 13.1 Å². The molecule has 1 heterocycles. The summed E-state index contributed by atoms with van der Waals surface area (Å²) in [6.45, 7) is 3.46. The quantitative estimate of drug-likeness (QED) is 0.628. The van der Waals surface area contributed by atoms with E-state index >= 15 is 0 Å². The van der Waals surface area contributed by atoms with Gasteiger partial charge in [-0.15, -0.1) is 0 Å². The van der Waals surface area contributed by atoms with Crippen LogP contribution in [0.3, 0.4) is 0 Å². The van der Waals surface area contributed by atoms with Crippen LogP contribution in [0.5, 0.6) is 0 Å². The van der Waals surface area contributed by atoms with E-state index < -0.39 is 0 Å². The summed E-state index contributed by atoms with van der Waals surface area (Å²) in [4.78, 5) is 14.7. The van der Waals surface area contributed by atoms with E-state index in [2.05, 4.69) is 16.8 Å². The molecule has 0 aliphatic heterocycles. The molecule has 0 radical (unpaired) electrons. The van der Waals surface area contributed by atoms with Crippen molar-refractivity contribution in [3.8, 4) is 11.8 Å². The van der Waals surface area contributed by atoms with Crippen molar-refractivity contribution < 1.29 is 4.79 Å². The zero-order valence-electron chi connectivity index (χ0n) is 9.41. The molecule has 0 saturated carbocycles. The van der Waals surface area contributed by atoms with Gasteiger partial charge in [-0.05, 0) is 18.6 Å². The number of anilines is 1. The fourth-order valence-corrected chi connectivity index (χ4v) is 1.56. The Morgan fingerprint density at radius 2 is 2.38 bits per heavy atom. The Labute approximate surface area is 99.8 Å². The van der Waals surface area contributed by atoms with Crippen molar-refractivity contribution in [2.45, 2.75) is 20.3 Å². The number of rotatable bonds is 2. The third-order valence-corrected chi connectivity index (χ3v) is 2.70. The summed E-state index contributed by atoms with van der Waals surface area (Å²) in [5.74, 6) is 7.27. The minimum absolute atomic E-state index is 0.131. The lowest BCUT2D eigenvalue weighted by Gasteiger charge is -1.97. The molecule has 2 N–H and O–H groups in total. The standard InChI is InChI=1S/C12H14N2OS/c1-9-7-11(8-14-12(9)13)5-3-4-6-16-10(2)15/h7-8H,4,6H2,1-2H3,(H2,13,14). The predicted octanol–water partition coefficient (Wildman–Crippen LogP) is 1.99. The van der Waals surface area contributed by atoms with Gasteiger partial charge < -0.3 is 5.73 Å². The van der Waals surface area contributed by atoms with Gasteiger partial charge in [-0.3, -0.25) is 4.79 Å². The second-order valence-corrected chi connectivity index (χ2v) is 4.59. The Bertz CT molecular complexity index is 446. The van der Waals surface area contributed by atoms with Gasteiger partial charge in [-0.1, -0.05) is 23.6 Å². The van der Waals surface area contributed by atoms with Gasteiger partial charge in [0.25, 0.3) is 0 Å². The molecule has 3 nitrogen and oxygen atoms in total. The molecular weight excluding hydrogens is 220 g/mol. The zero-order chi connectivity index (χ0) is 12.0. The maximum Gasteiger partial charge on any atom is 0.185 e. The van der Waals surface area contributed by atoms with Crippen LogP contribution in [0.1, 0.15) is 24.5 Å². The van der Waals surface area contributed by atoms with Crippen molar-refractivity contribution in [1.29, 1.82) is 0 Å². The maximum atomic E-state index is 10.6. The molecule has 84 valence electrons. The van der Waals surface area contributed by atoms with E-state index in [-0.39, 0.29) is 5.12 Å². The van der Waals surface area contributed by atoms with Gasteiger partial charge in [0.1, 0.15) is 5.82 Å². The lowest BCUT2D eigenvalue weighted by Crippen LogP contribution is -1.93. The first-order valence-electron chi connectivity index (χ1n) is 4.94. The van der Waals surface area contributed by atoms with Crippen LogP contribution in [0.15, 0.2) is 12.3 Å². The Morgan fingerprint density at radius 1 is 1.62 bits per heavy atom. The van der Waals surface area contributed by atoms with Crippen molar-refractivity contribution >= 4 is 22.7 Å². The third kappa shape index (κ3) is 4.37. The van der Waals surface area contributed by atoms with Crippen molar-refractivity contribution in [3.63, 3.8) is 0 Å². The number of nitrogen functional groups attached to an aromatic ring is 1. The molecule has 0 atom stereocenters. The van der Waals surface area contributed by atoms with Crippen LogP contribution in [0, 0.1) is 18.8 Å². The second-order valence-electron chi connectivity index (χ2n) is 3.32. The van der Waals surface area contributed by atoms with Crippen LogP contribution >= 0.6 is 11.8 Å². The molecule has 0 amide bonds. The molecule has 0 aliphatic rings. The van der Waals surface area contributed by atoms with Gasteiger partial charge in [0.05, 0.1) is 0 Å². The van der Waals surface area contributed by atoms with E-state index in [1.807, 2.05) is 13.0 Å². The minimum Gasteiger partial charge on any atom is -0.383 e. The van der Waals surface area contributed by atoms with Gasteiger partial charge in [0.15, 0.2) is 5.12 Å². The highest BCUT2D eigenvalue weighted by molar-refractivity contribution is 8.13. The number of carbonyl (C=O) groups is 1. The Hall–Kier alpha value is -1.47. The first-order chi connectivity index (χ1) is 7.59. The molecule has 16 heavy (non-hydrogen) atoms. The predicted molar refractivity (Wildman–Crippen MR) is 68.0 cm³/mol. The Balaban J connectivity index is 2.50. The summed E-state index contributed by atoms with van der Waals surface area (Å²) >= 11 is 1.29. The van der Waals surface area contributed by atoms with Crippen LogP contribution in [-0.4, -0.2) is 15.9 Å². The molecule has 1 aromatic rings. The van der Waals surface area contributed by atoms with Crippen LogP contribution in [0.2, 0.25) is 0 Å². The molecular formula is C12H14N2OS. The van der Waals surface area contributed by atoms with Gasteiger partial charge >= 0.3 is 0 Å². The van der Waals surface area contributed by atoms with Crippen molar-refractivity contribution in [3.05, 3.63) is 23.4 Å². The van der Waals surface area contributed by atoms with Crippen molar-refractivity contribution in [2.24, 2.45) is 0 Å². The molecule has 4 heteroatoms. The van der Waals surface area contributed by atoms with Gasteiger partial charge in [-0.2, -0.15) is 0 Å². The highest BCUT2D eigenvalue weighted by Crippen LogP contribution is 2.08. The number of carbonyl (C=O) groups excluding carboxylic acids is 1. The lowest BCUT2D eigenvalue weighted by molar-refractivity contribution is -0.109. The number of pyridine rings is 1. The summed E-state index contributed by atoms with van der Waals surface area (Å²) < 4.78 is 0. The van der Waals surface area contributed by atoms with E-state index in [1.165, 1.54) is 11.8 Å². The van der Waals surface area contributed by atoms with E-state index in [0.29, 0.717) is 12.2 Å².